The maximum Gasteiger partial charge on any atom is 0.181 e. The zero-order valence-corrected chi connectivity index (χ0v) is 11.9. The molecule has 1 nitrogen and oxygen atoms in total. The summed E-state index contributed by atoms with van der Waals surface area (Å²) in [5.41, 5.74) is 1.96. The van der Waals surface area contributed by atoms with E-state index < -0.39 is 0 Å². The molecule has 0 bridgehead atoms. The molecule has 1 aliphatic rings. The molecule has 0 spiro atoms. The lowest BCUT2D eigenvalue weighted by Crippen LogP contribution is -2.03. The van der Waals surface area contributed by atoms with Crippen LogP contribution in [0.5, 0.6) is 0 Å². The van der Waals surface area contributed by atoms with E-state index >= 15 is 0 Å². The second kappa shape index (κ2) is 4.46. The van der Waals surface area contributed by atoms with E-state index in [1.54, 1.807) is 11.8 Å². The summed E-state index contributed by atoms with van der Waals surface area (Å²) < 4.78 is 1.11. The molecule has 1 aliphatic heterocycles. The van der Waals surface area contributed by atoms with Crippen LogP contribution in [0.2, 0.25) is 0 Å². The van der Waals surface area contributed by atoms with Gasteiger partial charge in [-0.15, -0.1) is 11.8 Å². The SMILES string of the molecule is O=C1c2cc(I)ccc2SC1c1ccccc1. The highest BCUT2D eigenvalue weighted by Crippen LogP contribution is 2.46. The van der Waals surface area contributed by atoms with Gasteiger partial charge in [0.2, 0.25) is 0 Å². The van der Waals surface area contributed by atoms with Crippen LogP contribution in [0.25, 0.3) is 0 Å². The largest absolute Gasteiger partial charge is 0.292 e. The molecule has 0 fully saturated rings. The molecular formula is C14H9IOS. The Morgan fingerprint density at radius 1 is 1.06 bits per heavy atom. The predicted octanol–water partition coefficient (Wildman–Crippen LogP) is 4.32. The highest BCUT2D eigenvalue weighted by atomic mass is 127. The molecule has 2 aromatic rings. The summed E-state index contributed by atoms with van der Waals surface area (Å²) in [7, 11) is 0. The second-order valence-corrected chi connectivity index (χ2v) is 6.31. The van der Waals surface area contributed by atoms with Gasteiger partial charge in [0.25, 0.3) is 0 Å². The Balaban J connectivity index is 2.02. The van der Waals surface area contributed by atoms with Crippen molar-refractivity contribution in [2.45, 2.75) is 10.1 Å². The average Bonchev–Trinajstić information content (AvgIpc) is 2.68. The molecule has 1 unspecified atom stereocenters. The number of thioether (sulfide) groups is 1. The molecule has 0 N–H and O–H groups in total. The van der Waals surface area contributed by atoms with E-state index in [0.29, 0.717) is 0 Å². The van der Waals surface area contributed by atoms with Crippen molar-refractivity contribution in [2.24, 2.45) is 0 Å². The third kappa shape index (κ3) is 2.02. The fraction of sp³-hybridized carbons (Fsp3) is 0.0714. The first-order valence-electron chi connectivity index (χ1n) is 5.31. The minimum atomic E-state index is -0.0654. The summed E-state index contributed by atoms with van der Waals surface area (Å²) in [5.74, 6) is 0.231. The summed E-state index contributed by atoms with van der Waals surface area (Å²) in [4.78, 5) is 13.4. The number of carbonyl (C=O) groups excluding carboxylic acids is 1. The molecular weight excluding hydrogens is 343 g/mol. The molecule has 0 radical (unpaired) electrons. The Labute approximate surface area is 118 Å². The third-order valence-corrected chi connectivity index (χ3v) is 4.80. The van der Waals surface area contributed by atoms with Gasteiger partial charge in [0, 0.05) is 14.0 Å². The lowest BCUT2D eigenvalue weighted by atomic mass is 10.0. The fourth-order valence-corrected chi connectivity index (χ4v) is 3.67. The molecule has 1 heterocycles. The maximum absolute atomic E-state index is 12.3. The van der Waals surface area contributed by atoms with Crippen LogP contribution in [0.1, 0.15) is 21.2 Å². The van der Waals surface area contributed by atoms with Gasteiger partial charge in [-0.05, 0) is 46.4 Å². The minimum absolute atomic E-state index is 0.0654. The summed E-state index contributed by atoms with van der Waals surface area (Å²) in [5, 5.41) is -0.0654. The van der Waals surface area contributed by atoms with Gasteiger partial charge in [0.15, 0.2) is 5.78 Å². The molecule has 2 aromatic carbocycles. The van der Waals surface area contributed by atoms with E-state index in [1.807, 2.05) is 48.5 Å². The molecule has 0 amide bonds. The van der Waals surface area contributed by atoms with Gasteiger partial charge in [-0.3, -0.25) is 4.79 Å². The Bertz CT molecular complexity index is 580. The van der Waals surface area contributed by atoms with Gasteiger partial charge in [-0.2, -0.15) is 0 Å². The minimum Gasteiger partial charge on any atom is -0.292 e. The quantitative estimate of drug-likeness (QED) is 0.711. The van der Waals surface area contributed by atoms with Crippen molar-refractivity contribution >= 4 is 40.1 Å². The van der Waals surface area contributed by atoms with Crippen LogP contribution in [-0.2, 0) is 0 Å². The van der Waals surface area contributed by atoms with Crippen molar-refractivity contribution < 1.29 is 4.79 Å². The van der Waals surface area contributed by atoms with E-state index in [4.69, 9.17) is 0 Å². The Kier molecular flexibility index (Phi) is 2.96. The van der Waals surface area contributed by atoms with Gasteiger partial charge >= 0.3 is 0 Å². The van der Waals surface area contributed by atoms with Crippen molar-refractivity contribution in [1.82, 2.24) is 0 Å². The predicted molar refractivity (Wildman–Crippen MR) is 78.5 cm³/mol. The Morgan fingerprint density at radius 3 is 2.59 bits per heavy atom. The van der Waals surface area contributed by atoms with Crippen molar-refractivity contribution in [3.05, 3.63) is 63.2 Å². The molecule has 0 saturated carbocycles. The summed E-state index contributed by atoms with van der Waals surface area (Å²) in [6.45, 7) is 0. The summed E-state index contributed by atoms with van der Waals surface area (Å²) in [6.07, 6.45) is 0. The fourth-order valence-electron chi connectivity index (χ4n) is 1.97. The van der Waals surface area contributed by atoms with Crippen LogP contribution < -0.4 is 0 Å². The molecule has 84 valence electrons. The Morgan fingerprint density at radius 2 is 1.82 bits per heavy atom. The highest BCUT2D eigenvalue weighted by Gasteiger charge is 2.32. The number of ketones is 1. The molecule has 0 saturated heterocycles. The van der Waals surface area contributed by atoms with Crippen molar-refractivity contribution in [2.75, 3.05) is 0 Å². The number of hydrogen-bond acceptors (Lipinski definition) is 2. The van der Waals surface area contributed by atoms with Crippen molar-refractivity contribution in [3.8, 4) is 0 Å². The number of carbonyl (C=O) groups is 1. The van der Waals surface area contributed by atoms with Crippen LogP contribution in [0, 0.1) is 3.57 Å². The monoisotopic (exact) mass is 352 g/mol. The van der Waals surface area contributed by atoms with E-state index in [-0.39, 0.29) is 11.0 Å². The van der Waals surface area contributed by atoms with Gasteiger partial charge in [0.1, 0.15) is 0 Å². The topological polar surface area (TPSA) is 17.1 Å². The molecule has 0 aliphatic carbocycles. The van der Waals surface area contributed by atoms with Crippen LogP contribution >= 0.6 is 34.4 Å². The zero-order valence-electron chi connectivity index (χ0n) is 8.89. The molecule has 17 heavy (non-hydrogen) atoms. The van der Waals surface area contributed by atoms with Gasteiger partial charge in [0.05, 0.1) is 5.25 Å². The number of benzene rings is 2. The number of halogens is 1. The number of hydrogen-bond donors (Lipinski definition) is 0. The molecule has 0 aromatic heterocycles. The van der Waals surface area contributed by atoms with Gasteiger partial charge in [-0.1, -0.05) is 30.3 Å². The van der Waals surface area contributed by atoms with E-state index in [2.05, 4.69) is 22.6 Å². The average molecular weight is 352 g/mol. The van der Waals surface area contributed by atoms with E-state index in [0.717, 1.165) is 19.6 Å². The van der Waals surface area contributed by atoms with Gasteiger partial charge < -0.3 is 0 Å². The van der Waals surface area contributed by atoms with Crippen LogP contribution in [-0.4, -0.2) is 5.78 Å². The first kappa shape index (κ1) is 11.3. The number of fused-ring (bicyclic) bond motifs is 1. The first-order valence-corrected chi connectivity index (χ1v) is 7.27. The lowest BCUT2D eigenvalue weighted by molar-refractivity contribution is 0.0991. The number of Topliss-reactive ketones (excluding diaryl/α,β-unsaturated/α-hetero) is 1. The first-order chi connectivity index (χ1) is 8.25. The van der Waals surface area contributed by atoms with Crippen LogP contribution in [0.3, 0.4) is 0 Å². The summed E-state index contributed by atoms with van der Waals surface area (Å²) >= 11 is 3.90. The van der Waals surface area contributed by atoms with Crippen LogP contribution in [0.15, 0.2) is 53.4 Å². The normalized spacial score (nSPS) is 18.2. The smallest absolute Gasteiger partial charge is 0.181 e. The van der Waals surface area contributed by atoms with Crippen LogP contribution in [0.4, 0.5) is 0 Å². The zero-order chi connectivity index (χ0) is 11.8. The summed E-state index contributed by atoms with van der Waals surface area (Å²) in [6, 6.07) is 16.1. The highest BCUT2D eigenvalue weighted by molar-refractivity contribution is 14.1. The molecule has 3 heteroatoms. The lowest BCUT2D eigenvalue weighted by Gasteiger charge is -2.06. The molecule has 1 atom stereocenters. The molecule has 3 rings (SSSR count). The van der Waals surface area contributed by atoms with Crippen molar-refractivity contribution in [3.63, 3.8) is 0 Å². The number of rotatable bonds is 1. The van der Waals surface area contributed by atoms with Crippen molar-refractivity contribution in [1.29, 1.82) is 0 Å². The van der Waals surface area contributed by atoms with E-state index in [1.165, 1.54) is 0 Å². The maximum atomic E-state index is 12.3. The van der Waals surface area contributed by atoms with Gasteiger partial charge in [-0.25, -0.2) is 0 Å². The Hall–Kier alpha value is -0.810. The standard InChI is InChI=1S/C14H9IOS/c15-10-6-7-12-11(8-10)13(16)14(17-12)9-4-2-1-3-5-9/h1-8,14H. The third-order valence-electron chi connectivity index (χ3n) is 2.79. The second-order valence-electron chi connectivity index (χ2n) is 3.91. The van der Waals surface area contributed by atoms with E-state index in [9.17, 15) is 4.79 Å².